The van der Waals surface area contributed by atoms with Crippen LogP contribution in [0.1, 0.15) is 16.7 Å². The first-order chi connectivity index (χ1) is 9.83. The molecular formula is C15H16ClNO3S. The molecule has 0 heterocycles. The van der Waals surface area contributed by atoms with E-state index < -0.39 is 10.0 Å². The highest BCUT2D eigenvalue weighted by Crippen LogP contribution is 2.26. The minimum atomic E-state index is -3.74. The van der Waals surface area contributed by atoms with Crippen LogP contribution in [-0.4, -0.2) is 13.5 Å². The van der Waals surface area contributed by atoms with Crippen LogP contribution in [0.4, 0.5) is 5.69 Å². The van der Waals surface area contributed by atoms with Gasteiger partial charge in [-0.25, -0.2) is 8.42 Å². The number of anilines is 1. The van der Waals surface area contributed by atoms with Gasteiger partial charge in [0.15, 0.2) is 0 Å². The molecule has 0 aliphatic carbocycles. The molecule has 6 heteroatoms. The van der Waals surface area contributed by atoms with Crippen molar-refractivity contribution in [2.75, 3.05) is 4.72 Å². The molecule has 112 valence electrons. The third-order valence-corrected chi connectivity index (χ3v) is 4.85. The van der Waals surface area contributed by atoms with Gasteiger partial charge in [0, 0.05) is 0 Å². The fourth-order valence-electron chi connectivity index (χ4n) is 1.89. The van der Waals surface area contributed by atoms with E-state index in [0.717, 1.165) is 11.1 Å². The Morgan fingerprint density at radius 3 is 2.48 bits per heavy atom. The van der Waals surface area contributed by atoms with Crippen molar-refractivity contribution in [1.29, 1.82) is 0 Å². The SMILES string of the molecule is Cc1ccc(NS(=O)(=O)c2ccc(C)c(CO)c2)c(Cl)c1. The minimum Gasteiger partial charge on any atom is -0.392 e. The molecule has 0 fully saturated rings. The Balaban J connectivity index is 2.38. The van der Waals surface area contributed by atoms with Gasteiger partial charge in [-0.3, -0.25) is 4.72 Å². The van der Waals surface area contributed by atoms with E-state index in [1.54, 1.807) is 24.3 Å². The van der Waals surface area contributed by atoms with Crippen molar-refractivity contribution in [2.24, 2.45) is 0 Å². The standard InChI is InChI=1S/C15H16ClNO3S/c1-10-3-6-15(14(16)7-10)17-21(19,20)13-5-4-11(2)12(8-13)9-18/h3-8,17-18H,9H2,1-2H3. The number of hydrogen-bond donors (Lipinski definition) is 2. The number of aliphatic hydroxyl groups excluding tert-OH is 1. The lowest BCUT2D eigenvalue weighted by Crippen LogP contribution is -2.14. The second-order valence-corrected chi connectivity index (χ2v) is 6.92. The van der Waals surface area contributed by atoms with Crippen LogP contribution >= 0.6 is 11.6 Å². The molecule has 0 atom stereocenters. The summed E-state index contributed by atoms with van der Waals surface area (Å²) in [7, 11) is -3.74. The molecule has 0 spiro atoms. The largest absolute Gasteiger partial charge is 0.392 e. The average molecular weight is 326 g/mol. The minimum absolute atomic E-state index is 0.0915. The average Bonchev–Trinajstić information content (AvgIpc) is 2.42. The van der Waals surface area contributed by atoms with E-state index in [-0.39, 0.29) is 11.5 Å². The lowest BCUT2D eigenvalue weighted by atomic mass is 10.1. The molecule has 0 bridgehead atoms. The number of aliphatic hydroxyl groups is 1. The molecule has 0 aromatic heterocycles. The second-order valence-electron chi connectivity index (χ2n) is 4.84. The second kappa shape index (κ2) is 6.05. The molecular weight excluding hydrogens is 310 g/mol. The molecule has 0 unspecified atom stereocenters. The lowest BCUT2D eigenvalue weighted by molar-refractivity contribution is 0.281. The first-order valence-corrected chi connectivity index (χ1v) is 8.19. The van der Waals surface area contributed by atoms with Crippen LogP contribution in [0.25, 0.3) is 0 Å². The normalized spacial score (nSPS) is 11.4. The van der Waals surface area contributed by atoms with Crippen LogP contribution in [0.2, 0.25) is 5.02 Å². The van der Waals surface area contributed by atoms with Gasteiger partial charge in [0.2, 0.25) is 0 Å². The first-order valence-electron chi connectivity index (χ1n) is 6.33. The van der Waals surface area contributed by atoms with Crippen LogP contribution in [-0.2, 0) is 16.6 Å². The molecule has 2 N–H and O–H groups in total. The van der Waals surface area contributed by atoms with Crippen molar-refractivity contribution in [3.8, 4) is 0 Å². The highest BCUT2D eigenvalue weighted by Gasteiger charge is 2.16. The summed E-state index contributed by atoms with van der Waals surface area (Å²) in [5.74, 6) is 0. The third-order valence-electron chi connectivity index (χ3n) is 3.17. The topological polar surface area (TPSA) is 66.4 Å². The van der Waals surface area contributed by atoms with Gasteiger partial charge in [-0.15, -0.1) is 0 Å². The van der Waals surface area contributed by atoms with Crippen LogP contribution in [0.5, 0.6) is 0 Å². The van der Waals surface area contributed by atoms with E-state index in [9.17, 15) is 13.5 Å². The molecule has 0 amide bonds. The molecule has 0 aliphatic heterocycles. The molecule has 2 rings (SSSR count). The fourth-order valence-corrected chi connectivity index (χ4v) is 3.36. The fraction of sp³-hybridized carbons (Fsp3) is 0.200. The monoisotopic (exact) mass is 325 g/mol. The summed E-state index contributed by atoms with van der Waals surface area (Å²) in [6.45, 7) is 3.48. The van der Waals surface area contributed by atoms with E-state index in [1.807, 2.05) is 13.8 Å². The highest BCUT2D eigenvalue weighted by molar-refractivity contribution is 7.92. The van der Waals surface area contributed by atoms with Crippen molar-refractivity contribution in [1.82, 2.24) is 0 Å². The number of aryl methyl sites for hydroxylation is 2. The molecule has 0 aliphatic rings. The van der Waals surface area contributed by atoms with Crippen LogP contribution in [0, 0.1) is 13.8 Å². The zero-order valence-corrected chi connectivity index (χ0v) is 13.3. The van der Waals surface area contributed by atoms with E-state index in [2.05, 4.69) is 4.72 Å². The van der Waals surface area contributed by atoms with Crippen LogP contribution in [0.15, 0.2) is 41.3 Å². The summed E-state index contributed by atoms with van der Waals surface area (Å²) < 4.78 is 27.2. The van der Waals surface area contributed by atoms with Crippen molar-refractivity contribution >= 4 is 27.3 Å². The molecule has 21 heavy (non-hydrogen) atoms. The summed E-state index contributed by atoms with van der Waals surface area (Å²) in [6.07, 6.45) is 0. The van der Waals surface area contributed by atoms with E-state index >= 15 is 0 Å². The predicted molar refractivity (Wildman–Crippen MR) is 84.1 cm³/mol. The summed E-state index contributed by atoms with van der Waals surface area (Å²) in [5.41, 5.74) is 2.69. The van der Waals surface area contributed by atoms with Gasteiger partial charge in [0.25, 0.3) is 10.0 Å². The van der Waals surface area contributed by atoms with Crippen molar-refractivity contribution in [3.05, 3.63) is 58.1 Å². The lowest BCUT2D eigenvalue weighted by Gasteiger charge is -2.12. The van der Waals surface area contributed by atoms with E-state index in [0.29, 0.717) is 16.3 Å². The number of sulfonamides is 1. The maximum atomic E-state index is 12.4. The van der Waals surface area contributed by atoms with Gasteiger partial charge in [-0.1, -0.05) is 23.7 Å². The van der Waals surface area contributed by atoms with Gasteiger partial charge >= 0.3 is 0 Å². The molecule has 2 aromatic rings. The van der Waals surface area contributed by atoms with Crippen molar-refractivity contribution in [3.63, 3.8) is 0 Å². The van der Waals surface area contributed by atoms with Crippen LogP contribution in [0.3, 0.4) is 0 Å². The molecule has 0 saturated carbocycles. The van der Waals surface area contributed by atoms with Gasteiger partial charge < -0.3 is 5.11 Å². The Bertz CT molecular complexity index is 772. The van der Waals surface area contributed by atoms with Gasteiger partial charge in [0.1, 0.15) is 0 Å². The predicted octanol–water partition coefficient (Wildman–Crippen LogP) is 3.25. The van der Waals surface area contributed by atoms with E-state index in [4.69, 9.17) is 11.6 Å². The Hall–Kier alpha value is -1.56. The maximum absolute atomic E-state index is 12.4. The van der Waals surface area contributed by atoms with Gasteiger partial charge in [0.05, 0.1) is 22.2 Å². The number of rotatable bonds is 4. The third kappa shape index (κ3) is 3.56. The van der Waals surface area contributed by atoms with Gasteiger partial charge in [-0.2, -0.15) is 0 Å². The quantitative estimate of drug-likeness (QED) is 0.906. The summed E-state index contributed by atoms with van der Waals surface area (Å²) in [6, 6.07) is 9.71. The molecule has 0 saturated heterocycles. The summed E-state index contributed by atoms with van der Waals surface area (Å²) in [5, 5.41) is 9.58. The first kappa shape index (κ1) is 15.8. The molecule has 2 aromatic carbocycles. The van der Waals surface area contributed by atoms with Crippen LogP contribution < -0.4 is 4.72 Å². The smallest absolute Gasteiger partial charge is 0.261 e. The Labute approximate surface area is 129 Å². The Morgan fingerprint density at radius 2 is 1.86 bits per heavy atom. The molecule has 0 radical (unpaired) electrons. The number of halogens is 1. The highest BCUT2D eigenvalue weighted by atomic mass is 35.5. The maximum Gasteiger partial charge on any atom is 0.261 e. The van der Waals surface area contributed by atoms with E-state index in [1.165, 1.54) is 12.1 Å². The Morgan fingerprint density at radius 1 is 1.14 bits per heavy atom. The summed E-state index contributed by atoms with van der Waals surface area (Å²) >= 11 is 6.04. The number of nitrogens with one attached hydrogen (secondary N) is 1. The summed E-state index contributed by atoms with van der Waals surface area (Å²) in [4.78, 5) is 0.0915. The zero-order valence-electron chi connectivity index (χ0n) is 11.7. The van der Waals surface area contributed by atoms with Crippen molar-refractivity contribution < 1.29 is 13.5 Å². The van der Waals surface area contributed by atoms with Crippen molar-refractivity contribution in [2.45, 2.75) is 25.3 Å². The molecule has 4 nitrogen and oxygen atoms in total. The number of hydrogen-bond acceptors (Lipinski definition) is 3. The Kier molecular flexibility index (Phi) is 4.56. The van der Waals surface area contributed by atoms with Gasteiger partial charge in [-0.05, 0) is 54.8 Å². The zero-order chi connectivity index (χ0) is 15.6. The number of benzene rings is 2.